The molecule has 1 heterocycles. The molecule has 22 heavy (non-hydrogen) atoms. The number of allylic oxidation sites excluding steroid dienone is 1. The van der Waals surface area contributed by atoms with Crippen molar-refractivity contribution in [1.29, 1.82) is 5.26 Å². The summed E-state index contributed by atoms with van der Waals surface area (Å²) < 4.78 is 24.9. The monoisotopic (exact) mass is 330 g/mol. The van der Waals surface area contributed by atoms with Crippen LogP contribution in [0.1, 0.15) is 5.56 Å². The molecule has 1 aliphatic heterocycles. The lowest BCUT2D eigenvalue weighted by atomic mass is 10.2. The summed E-state index contributed by atoms with van der Waals surface area (Å²) in [7, 11) is -3.78. The van der Waals surface area contributed by atoms with Crippen molar-refractivity contribution in [2.24, 2.45) is 0 Å². The van der Waals surface area contributed by atoms with Gasteiger partial charge in [0.15, 0.2) is 4.91 Å². The lowest BCUT2D eigenvalue weighted by molar-refractivity contribution is 0.602. The summed E-state index contributed by atoms with van der Waals surface area (Å²) in [6, 6.07) is 13.8. The molecule has 0 saturated heterocycles. The molecule has 2 aromatic rings. The minimum atomic E-state index is -3.78. The number of halogens is 1. The third-order valence-corrected chi connectivity index (χ3v) is 5.33. The van der Waals surface area contributed by atoms with E-state index >= 15 is 0 Å². The zero-order valence-electron chi connectivity index (χ0n) is 11.6. The lowest BCUT2D eigenvalue weighted by Crippen LogP contribution is -2.21. The van der Waals surface area contributed by atoms with E-state index in [0.717, 1.165) is 5.56 Å². The Morgan fingerprint density at radius 1 is 1.18 bits per heavy atom. The van der Waals surface area contributed by atoms with Crippen LogP contribution in [0, 0.1) is 18.3 Å². The van der Waals surface area contributed by atoms with Gasteiger partial charge in [0.1, 0.15) is 6.07 Å². The van der Waals surface area contributed by atoms with E-state index in [1.807, 2.05) is 6.92 Å². The molecule has 2 aromatic carbocycles. The van der Waals surface area contributed by atoms with Gasteiger partial charge in [-0.05, 0) is 42.8 Å². The summed E-state index contributed by atoms with van der Waals surface area (Å²) >= 11 is 6.02. The molecule has 110 valence electrons. The minimum Gasteiger partial charge on any atom is -0.314 e. The summed E-state index contributed by atoms with van der Waals surface area (Å²) in [6.45, 7) is 1.88. The van der Waals surface area contributed by atoms with Crippen molar-refractivity contribution >= 4 is 32.8 Å². The summed E-state index contributed by atoms with van der Waals surface area (Å²) in [5.41, 5.74) is 2.14. The van der Waals surface area contributed by atoms with Crippen molar-refractivity contribution in [3.8, 4) is 6.07 Å². The van der Waals surface area contributed by atoms with Crippen molar-refractivity contribution in [3.05, 3.63) is 64.2 Å². The zero-order chi connectivity index (χ0) is 15.9. The maximum Gasteiger partial charge on any atom is 0.220 e. The van der Waals surface area contributed by atoms with Gasteiger partial charge < -0.3 is 4.90 Å². The van der Waals surface area contributed by atoms with Crippen molar-refractivity contribution in [2.45, 2.75) is 11.8 Å². The topological polar surface area (TPSA) is 61.2 Å². The molecule has 6 heteroatoms. The molecular formula is C16H11ClN2O2S. The van der Waals surface area contributed by atoms with Crippen LogP contribution in [0.5, 0.6) is 0 Å². The van der Waals surface area contributed by atoms with E-state index in [4.69, 9.17) is 11.6 Å². The molecular weight excluding hydrogens is 320 g/mol. The second kappa shape index (κ2) is 5.16. The van der Waals surface area contributed by atoms with E-state index in [0.29, 0.717) is 16.4 Å². The molecule has 0 saturated carbocycles. The van der Waals surface area contributed by atoms with Crippen LogP contribution in [0.15, 0.2) is 58.5 Å². The van der Waals surface area contributed by atoms with Gasteiger partial charge in [0.2, 0.25) is 9.84 Å². The highest BCUT2D eigenvalue weighted by Gasteiger charge is 2.32. The van der Waals surface area contributed by atoms with Gasteiger partial charge in [0, 0.05) is 16.9 Å². The number of nitrogens with zero attached hydrogens (tertiary/aromatic N) is 2. The Hall–Kier alpha value is -2.29. The van der Waals surface area contributed by atoms with Gasteiger partial charge in [-0.15, -0.1) is 0 Å². The minimum absolute atomic E-state index is 0.122. The molecule has 0 fully saturated rings. The van der Waals surface area contributed by atoms with E-state index in [9.17, 15) is 13.7 Å². The molecule has 3 rings (SSSR count). The normalized spacial score (nSPS) is 15.7. The second-order valence-electron chi connectivity index (χ2n) is 4.93. The number of hydrogen-bond acceptors (Lipinski definition) is 4. The maximum absolute atomic E-state index is 12.4. The van der Waals surface area contributed by atoms with Crippen molar-refractivity contribution in [2.75, 3.05) is 4.90 Å². The van der Waals surface area contributed by atoms with Gasteiger partial charge in [0.25, 0.3) is 0 Å². The molecule has 0 aliphatic carbocycles. The lowest BCUT2D eigenvalue weighted by Gasteiger charge is -2.28. The number of aryl methyl sites for hydroxylation is 1. The van der Waals surface area contributed by atoms with Crippen LogP contribution in [0.4, 0.5) is 11.4 Å². The van der Waals surface area contributed by atoms with Gasteiger partial charge in [-0.25, -0.2) is 8.42 Å². The van der Waals surface area contributed by atoms with Crippen LogP contribution in [0.3, 0.4) is 0 Å². The standard InChI is InChI=1S/C16H11ClN2O2S/c1-11-5-6-16-15(7-11)19(10-14(9-18)22(16,20)21)13-4-2-3-12(17)8-13/h2-8,10H,1H3. The highest BCUT2D eigenvalue weighted by molar-refractivity contribution is 7.95. The molecule has 0 aromatic heterocycles. The maximum atomic E-state index is 12.4. The molecule has 0 amide bonds. The fraction of sp³-hybridized carbons (Fsp3) is 0.0625. The second-order valence-corrected chi connectivity index (χ2v) is 7.25. The third kappa shape index (κ3) is 2.27. The van der Waals surface area contributed by atoms with Crippen LogP contribution < -0.4 is 4.90 Å². The van der Waals surface area contributed by atoms with Crippen LogP contribution in [-0.4, -0.2) is 8.42 Å². The molecule has 0 unspecified atom stereocenters. The average molecular weight is 331 g/mol. The van der Waals surface area contributed by atoms with E-state index < -0.39 is 9.84 Å². The van der Waals surface area contributed by atoms with E-state index in [2.05, 4.69) is 0 Å². The first-order valence-electron chi connectivity index (χ1n) is 6.46. The zero-order valence-corrected chi connectivity index (χ0v) is 13.2. The molecule has 0 radical (unpaired) electrons. The molecule has 0 N–H and O–H groups in total. The first kappa shape index (κ1) is 14.6. The Morgan fingerprint density at radius 3 is 2.64 bits per heavy atom. The summed E-state index contributed by atoms with van der Waals surface area (Å²) in [5, 5.41) is 9.71. The predicted octanol–water partition coefficient (Wildman–Crippen LogP) is 3.94. The molecule has 1 aliphatic rings. The number of hydrogen-bond donors (Lipinski definition) is 0. The third-order valence-electron chi connectivity index (χ3n) is 3.40. The summed E-state index contributed by atoms with van der Waals surface area (Å²) in [6.07, 6.45) is 1.34. The SMILES string of the molecule is Cc1ccc2c(c1)N(c1cccc(Cl)c1)C=C(C#N)S2(=O)=O. The van der Waals surface area contributed by atoms with E-state index in [1.54, 1.807) is 47.4 Å². The number of sulfone groups is 1. The van der Waals surface area contributed by atoms with E-state index in [-0.39, 0.29) is 9.80 Å². The summed E-state index contributed by atoms with van der Waals surface area (Å²) in [5.74, 6) is 0. The average Bonchev–Trinajstić information content (AvgIpc) is 2.47. The number of rotatable bonds is 1. The van der Waals surface area contributed by atoms with Crippen LogP contribution in [-0.2, 0) is 9.84 Å². The molecule has 0 bridgehead atoms. The van der Waals surface area contributed by atoms with Crippen molar-refractivity contribution in [3.63, 3.8) is 0 Å². The summed E-state index contributed by atoms with van der Waals surface area (Å²) in [4.78, 5) is 1.51. The largest absolute Gasteiger partial charge is 0.314 e. The van der Waals surface area contributed by atoms with Gasteiger partial charge in [-0.3, -0.25) is 0 Å². The van der Waals surface area contributed by atoms with Crippen LogP contribution >= 0.6 is 11.6 Å². The fourth-order valence-corrected chi connectivity index (χ4v) is 3.81. The Bertz CT molecular complexity index is 943. The van der Waals surface area contributed by atoms with Crippen molar-refractivity contribution < 1.29 is 8.42 Å². The van der Waals surface area contributed by atoms with Gasteiger partial charge in [0.05, 0.1) is 10.6 Å². The fourth-order valence-electron chi connectivity index (χ4n) is 2.35. The Balaban J connectivity index is 2.32. The predicted molar refractivity (Wildman–Crippen MR) is 85.7 cm³/mol. The highest BCUT2D eigenvalue weighted by atomic mass is 35.5. The smallest absolute Gasteiger partial charge is 0.220 e. The van der Waals surface area contributed by atoms with E-state index in [1.165, 1.54) is 12.3 Å². The Labute approximate surface area is 133 Å². The number of anilines is 2. The first-order chi connectivity index (χ1) is 10.4. The van der Waals surface area contributed by atoms with Gasteiger partial charge in [-0.1, -0.05) is 23.7 Å². The highest BCUT2D eigenvalue weighted by Crippen LogP contribution is 2.40. The quantitative estimate of drug-likeness (QED) is 0.794. The van der Waals surface area contributed by atoms with Gasteiger partial charge >= 0.3 is 0 Å². The molecule has 0 atom stereocenters. The van der Waals surface area contributed by atoms with Crippen molar-refractivity contribution in [1.82, 2.24) is 0 Å². The number of fused-ring (bicyclic) bond motifs is 1. The molecule has 4 nitrogen and oxygen atoms in total. The molecule has 0 spiro atoms. The Kier molecular flexibility index (Phi) is 3.44. The van der Waals surface area contributed by atoms with Crippen LogP contribution in [0.2, 0.25) is 5.02 Å². The van der Waals surface area contributed by atoms with Crippen LogP contribution in [0.25, 0.3) is 0 Å². The first-order valence-corrected chi connectivity index (χ1v) is 8.32. The Morgan fingerprint density at radius 2 is 1.95 bits per heavy atom. The number of benzene rings is 2. The van der Waals surface area contributed by atoms with Gasteiger partial charge in [-0.2, -0.15) is 5.26 Å². The number of nitriles is 1.